The lowest BCUT2D eigenvalue weighted by molar-refractivity contribution is 0.916. The smallest absolute Gasteiger partial charge is 0.138 e. The largest absolute Gasteiger partial charge is 0.373 e. The van der Waals surface area contributed by atoms with Crippen LogP contribution in [-0.4, -0.2) is 24.1 Å². The van der Waals surface area contributed by atoms with E-state index in [-0.39, 0.29) is 0 Å². The maximum absolute atomic E-state index is 9.25. The van der Waals surface area contributed by atoms with Gasteiger partial charge >= 0.3 is 0 Å². The molecule has 1 aromatic carbocycles. The van der Waals surface area contributed by atoms with E-state index in [1.165, 1.54) is 0 Å². The summed E-state index contributed by atoms with van der Waals surface area (Å²) in [5, 5.41) is 12.3. The Balaban J connectivity index is 2.02. The third kappa shape index (κ3) is 2.65. The zero-order chi connectivity index (χ0) is 14.8. The minimum absolute atomic E-state index is 0.483. The van der Waals surface area contributed by atoms with E-state index in [4.69, 9.17) is 0 Å². The second kappa shape index (κ2) is 5.41. The van der Waals surface area contributed by atoms with E-state index in [1.807, 2.05) is 49.3 Å². The highest BCUT2D eigenvalue weighted by molar-refractivity contribution is 5.68. The van der Waals surface area contributed by atoms with Crippen molar-refractivity contribution in [3.63, 3.8) is 0 Å². The Hall–Kier alpha value is -2.61. The van der Waals surface area contributed by atoms with Gasteiger partial charge in [0, 0.05) is 26.1 Å². The average Bonchev–Trinajstić information content (AvgIpc) is 3.38. The normalized spacial score (nSPS) is 13.6. The van der Waals surface area contributed by atoms with Crippen molar-refractivity contribution in [1.29, 1.82) is 5.26 Å². The van der Waals surface area contributed by atoms with Crippen molar-refractivity contribution in [1.82, 2.24) is 9.97 Å². The Morgan fingerprint density at radius 2 is 2.05 bits per heavy atom. The van der Waals surface area contributed by atoms with Crippen LogP contribution in [0.4, 0.5) is 17.3 Å². The minimum Gasteiger partial charge on any atom is -0.373 e. The number of benzene rings is 1. The van der Waals surface area contributed by atoms with Gasteiger partial charge in [0.2, 0.25) is 0 Å². The van der Waals surface area contributed by atoms with E-state index in [1.54, 1.807) is 0 Å². The fourth-order valence-corrected chi connectivity index (χ4v) is 2.26. The Morgan fingerprint density at radius 1 is 1.29 bits per heavy atom. The summed E-state index contributed by atoms with van der Waals surface area (Å²) in [7, 11) is 3.78. The molecule has 1 aliphatic rings. The van der Waals surface area contributed by atoms with Crippen LogP contribution in [0.2, 0.25) is 0 Å². The van der Waals surface area contributed by atoms with Crippen LogP contribution in [0.25, 0.3) is 0 Å². The van der Waals surface area contributed by atoms with Gasteiger partial charge in [-0.3, -0.25) is 0 Å². The number of nitrogens with one attached hydrogen (secondary N) is 1. The zero-order valence-electron chi connectivity index (χ0n) is 12.2. The van der Waals surface area contributed by atoms with Gasteiger partial charge in [-0.1, -0.05) is 12.1 Å². The molecule has 1 fully saturated rings. The number of hydrogen-bond acceptors (Lipinski definition) is 5. The number of hydrogen-bond donors (Lipinski definition) is 1. The molecule has 5 nitrogen and oxygen atoms in total. The van der Waals surface area contributed by atoms with Gasteiger partial charge in [0.25, 0.3) is 0 Å². The third-order valence-electron chi connectivity index (χ3n) is 3.66. The summed E-state index contributed by atoms with van der Waals surface area (Å²) in [6, 6.07) is 11.7. The summed E-state index contributed by atoms with van der Waals surface area (Å²) in [5.74, 6) is 2.98. The lowest BCUT2D eigenvalue weighted by Crippen LogP contribution is -2.14. The lowest BCUT2D eigenvalue weighted by Gasteiger charge is -2.20. The fourth-order valence-electron chi connectivity index (χ4n) is 2.26. The van der Waals surface area contributed by atoms with Crippen LogP contribution in [0.15, 0.2) is 30.3 Å². The molecule has 3 rings (SSSR count). The van der Waals surface area contributed by atoms with Crippen LogP contribution < -0.4 is 10.2 Å². The lowest BCUT2D eigenvalue weighted by atomic mass is 10.2. The summed E-state index contributed by atoms with van der Waals surface area (Å²) in [5.41, 5.74) is 1.49. The maximum atomic E-state index is 9.25. The Morgan fingerprint density at radius 3 is 2.71 bits per heavy atom. The minimum atomic E-state index is 0.483. The van der Waals surface area contributed by atoms with Crippen molar-refractivity contribution >= 4 is 17.3 Å². The summed E-state index contributed by atoms with van der Waals surface area (Å²) >= 11 is 0. The predicted molar refractivity (Wildman–Crippen MR) is 82.8 cm³/mol. The van der Waals surface area contributed by atoms with Crippen molar-refractivity contribution in [2.75, 3.05) is 24.3 Å². The first-order valence-corrected chi connectivity index (χ1v) is 7.02. The summed E-state index contributed by atoms with van der Waals surface area (Å²) in [4.78, 5) is 11.1. The van der Waals surface area contributed by atoms with Gasteiger partial charge < -0.3 is 10.2 Å². The Kier molecular flexibility index (Phi) is 3.44. The standard InChI is InChI=1S/C16H17N5/c1-18-14-9-15(20-16(19-14)11-7-8-11)21(2)13-6-4-3-5-12(13)10-17/h3-6,9,11H,7-8H2,1-2H3,(H,18,19,20). The molecule has 21 heavy (non-hydrogen) atoms. The van der Waals surface area contributed by atoms with E-state index >= 15 is 0 Å². The highest BCUT2D eigenvalue weighted by atomic mass is 15.2. The van der Waals surface area contributed by atoms with Crippen LogP contribution >= 0.6 is 0 Å². The first-order chi connectivity index (χ1) is 10.2. The van der Waals surface area contributed by atoms with Gasteiger partial charge in [0.1, 0.15) is 23.5 Å². The number of anilines is 3. The zero-order valence-corrected chi connectivity index (χ0v) is 12.2. The van der Waals surface area contributed by atoms with Crippen molar-refractivity contribution in [2.24, 2.45) is 0 Å². The van der Waals surface area contributed by atoms with Gasteiger partial charge in [0.15, 0.2) is 0 Å². The monoisotopic (exact) mass is 279 g/mol. The fraction of sp³-hybridized carbons (Fsp3) is 0.312. The molecule has 2 aromatic rings. The molecule has 0 radical (unpaired) electrons. The van der Waals surface area contributed by atoms with Crippen molar-refractivity contribution in [2.45, 2.75) is 18.8 Å². The molecular formula is C16H17N5. The quantitative estimate of drug-likeness (QED) is 0.932. The molecule has 1 aromatic heterocycles. The molecule has 0 aliphatic heterocycles. The maximum Gasteiger partial charge on any atom is 0.138 e. The third-order valence-corrected chi connectivity index (χ3v) is 3.66. The van der Waals surface area contributed by atoms with E-state index in [2.05, 4.69) is 21.4 Å². The molecular weight excluding hydrogens is 262 g/mol. The van der Waals surface area contributed by atoms with Crippen molar-refractivity contribution in [3.05, 3.63) is 41.7 Å². The topological polar surface area (TPSA) is 64.8 Å². The van der Waals surface area contributed by atoms with E-state index < -0.39 is 0 Å². The summed E-state index contributed by atoms with van der Waals surface area (Å²) < 4.78 is 0. The first kappa shape index (κ1) is 13.4. The van der Waals surface area contributed by atoms with Gasteiger partial charge in [-0.2, -0.15) is 5.26 Å². The van der Waals surface area contributed by atoms with Gasteiger partial charge in [-0.25, -0.2) is 9.97 Å². The number of para-hydroxylation sites is 1. The van der Waals surface area contributed by atoms with Crippen LogP contribution in [0.1, 0.15) is 30.1 Å². The number of rotatable bonds is 4. The first-order valence-electron chi connectivity index (χ1n) is 7.02. The van der Waals surface area contributed by atoms with Crippen molar-refractivity contribution < 1.29 is 0 Å². The second-order valence-corrected chi connectivity index (χ2v) is 5.18. The Bertz CT molecular complexity index is 700. The molecule has 106 valence electrons. The van der Waals surface area contributed by atoms with E-state index in [0.717, 1.165) is 36.0 Å². The van der Waals surface area contributed by atoms with E-state index in [9.17, 15) is 5.26 Å². The van der Waals surface area contributed by atoms with Crippen LogP contribution in [0.3, 0.4) is 0 Å². The molecule has 5 heteroatoms. The highest BCUT2D eigenvalue weighted by Crippen LogP contribution is 2.39. The van der Waals surface area contributed by atoms with Crippen LogP contribution in [0, 0.1) is 11.3 Å². The average molecular weight is 279 g/mol. The SMILES string of the molecule is CNc1cc(N(C)c2ccccc2C#N)nc(C2CC2)n1. The van der Waals surface area contributed by atoms with E-state index in [0.29, 0.717) is 11.5 Å². The Labute approximate surface area is 124 Å². The molecule has 0 saturated heterocycles. The molecule has 0 bridgehead atoms. The summed E-state index contributed by atoms with van der Waals surface area (Å²) in [6.45, 7) is 0. The van der Waals surface area contributed by atoms with Gasteiger partial charge in [-0.05, 0) is 25.0 Å². The second-order valence-electron chi connectivity index (χ2n) is 5.18. The molecule has 0 unspecified atom stereocenters. The van der Waals surface area contributed by atoms with Crippen molar-refractivity contribution in [3.8, 4) is 6.07 Å². The predicted octanol–water partition coefficient (Wildman–Crippen LogP) is 3.04. The molecule has 1 N–H and O–H groups in total. The van der Waals surface area contributed by atoms with Gasteiger partial charge in [-0.15, -0.1) is 0 Å². The van der Waals surface area contributed by atoms with Gasteiger partial charge in [0.05, 0.1) is 11.3 Å². The molecule has 1 saturated carbocycles. The molecule has 0 spiro atoms. The van der Waals surface area contributed by atoms with Crippen LogP contribution in [-0.2, 0) is 0 Å². The number of nitriles is 1. The number of nitrogens with zero attached hydrogens (tertiary/aromatic N) is 4. The van der Waals surface area contributed by atoms with Crippen LogP contribution in [0.5, 0.6) is 0 Å². The highest BCUT2D eigenvalue weighted by Gasteiger charge is 2.28. The molecule has 0 atom stereocenters. The molecule has 1 aliphatic carbocycles. The molecule has 0 amide bonds. The number of aromatic nitrogens is 2. The molecule has 1 heterocycles. The summed E-state index contributed by atoms with van der Waals surface area (Å²) in [6.07, 6.45) is 2.32.